The maximum atomic E-state index is 14.8. The summed E-state index contributed by atoms with van der Waals surface area (Å²) in [7, 11) is 0. The Bertz CT molecular complexity index is 1360. The van der Waals surface area contributed by atoms with Gasteiger partial charge in [-0.1, -0.05) is 6.07 Å². The van der Waals surface area contributed by atoms with Gasteiger partial charge in [-0.25, -0.2) is 8.87 Å². The summed E-state index contributed by atoms with van der Waals surface area (Å²) in [5, 5.41) is 6.38. The second-order valence-corrected chi connectivity index (χ2v) is 12.0. The first-order valence-electron chi connectivity index (χ1n) is 15.0. The van der Waals surface area contributed by atoms with Crippen LogP contribution in [0, 0.1) is 12.7 Å². The number of fused-ring (bicyclic) bond motifs is 1. The van der Waals surface area contributed by atoms with Crippen LogP contribution >= 0.6 is 0 Å². The topological polar surface area (TPSA) is 73.4 Å². The standard InChI is InChI=1S/C30H38F4N7O/c1-3-41(18-30(32,33)34)16-12-22-26(36-24-9-6-19(2)17-23(24)31)37-29(38-27(22)41)39-14-10-21(11-15-39)40(20-7-8-20)28(42)25-5-4-13-35-25/h6,9,12,16-17,20-21,25,35H,3-5,7-8,10-11,13-15,18H2,1-2H3,(H,36,37,38)/q+1. The van der Waals surface area contributed by atoms with Gasteiger partial charge in [-0.05, 0) is 76.6 Å². The first-order chi connectivity index (χ1) is 20.1. The van der Waals surface area contributed by atoms with Gasteiger partial charge in [-0.3, -0.25) is 4.79 Å². The number of rotatable bonds is 8. The molecule has 1 saturated carbocycles. The highest BCUT2D eigenvalue weighted by Gasteiger charge is 2.48. The summed E-state index contributed by atoms with van der Waals surface area (Å²) in [5.74, 6) is 0.552. The van der Waals surface area contributed by atoms with E-state index in [1.165, 1.54) is 12.3 Å². The fraction of sp³-hybridized carbons (Fsp3) is 0.567. The quantitative estimate of drug-likeness (QED) is 0.324. The lowest BCUT2D eigenvalue weighted by Crippen LogP contribution is -2.53. The number of carbonyl (C=O) groups excluding carboxylic acids is 1. The molecule has 42 heavy (non-hydrogen) atoms. The maximum absolute atomic E-state index is 14.8. The molecule has 1 amide bonds. The number of aryl methyl sites for hydroxylation is 1. The number of alkyl halides is 3. The van der Waals surface area contributed by atoms with E-state index in [0.29, 0.717) is 30.6 Å². The molecule has 2 aromatic rings. The number of halogens is 4. The zero-order valence-corrected chi connectivity index (χ0v) is 24.1. The van der Waals surface area contributed by atoms with Crippen molar-refractivity contribution in [1.82, 2.24) is 24.7 Å². The fourth-order valence-corrected chi connectivity index (χ4v) is 6.56. The van der Waals surface area contributed by atoms with Gasteiger partial charge < -0.3 is 20.4 Å². The number of quaternary nitrogens is 1. The van der Waals surface area contributed by atoms with Crippen molar-refractivity contribution in [2.24, 2.45) is 0 Å². The van der Waals surface area contributed by atoms with Gasteiger partial charge in [0.15, 0.2) is 6.54 Å². The average molecular weight is 589 g/mol. The summed E-state index contributed by atoms with van der Waals surface area (Å²) < 4.78 is 55.7. The molecule has 2 atom stereocenters. The molecule has 8 nitrogen and oxygen atoms in total. The van der Waals surface area contributed by atoms with Crippen LogP contribution in [0.5, 0.6) is 0 Å². The van der Waals surface area contributed by atoms with Crippen LogP contribution in [-0.2, 0) is 4.79 Å². The highest BCUT2D eigenvalue weighted by molar-refractivity contribution is 5.83. The number of hydrogen-bond acceptors (Lipinski definition) is 6. The van der Waals surface area contributed by atoms with Crippen LogP contribution in [-0.4, -0.2) is 77.8 Å². The predicted octanol–water partition coefficient (Wildman–Crippen LogP) is 5.25. The van der Waals surface area contributed by atoms with Crippen molar-refractivity contribution in [2.45, 2.75) is 76.7 Å². The van der Waals surface area contributed by atoms with Gasteiger partial charge >= 0.3 is 6.18 Å². The summed E-state index contributed by atoms with van der Waals surface area (Å²) in [6, 6.07) is 5.05. The number of benzene rings is 1. The molecule has 226 valence electrons. The Morgan fingerprint density at radius 3 is 2.50 bits per heavy atom. The zero-order chi connectivity index (χ0) is 29.6. The normalized spacial score (nSPS) is 24.2. The molecule has 2 saturated heterocycles. The number of hydrogen-bond donors (Lipinski definition) is 2. The monoisotopic (exact) mass is 588 g/mol. The molecular formula is C30H38F4N7O+. The van der Waals surface area contributed by atoms with Crippen LogP contribution in [0.2, 0.25) is 0 Å². The highest BCUT2D eigenvalue weighted by Crippen LogP contribution is 2.42. The maximum Gasteiger partial charge on any atom is 0.439 e. The molecule has 0 spiro atoms. The molecule has 3 aliphatic heterocycles. The Morgan fingerprint density at radius 1 is 1.14 bits per heavy atom. The van der Waals surface area contributed by atoms with E-state index in [-0.39, 0.29) is 41.9 Å². The summed E-state index contributed by atoms with van der Waals surface area (Å²) in [5.41, 5.74) is 1.37. The van der Waals surface area contributed by atoms with E-state index in [1.54, 1.807) is 32.1 Å². The van der Waals surface area contributed by atoms with Crippen LogP contribution < -0.4 is 20.0 Å². The Morgan fingerprint density at radius 2 is 1.88 bits per heavy atom. The zero-order valence-electron chi connectivity index (χ0n) is 24.1. The van der Waals surface area contributed by atoms with E-state index < -0.39 is 23.0 Å². The third-order valence-electron chi connectivity index (χ3n) is 8.96. The lowest BCUT2D eigenvalue weighted by molar-refractivity contribution is -0.139. The van der Waals surface area contributed by atoms with Crippen molar-refractivity contribution in [3.63, 3.8) is 0 Å². The minimum atomic E-state index is -4.42. The van der Waals surface area contributed by atoms with Gasteiger partial charge in [0.1, 0.15) is 23.4 Å². The molecule has 2 unspecified atom stereocenters. The molecule has 3 fully saturated rings. The van der Waals surface area contributed by atoms with Crippen molar-refractivity contribution in [2.75, 3.05) is 42.9 Å². The third-order valence-corrected chi connectivity index (χ3v) is 8.96. The van der Waals surface area contributed by atoms with Crippen LogP contribution in [0.1, 0.15) is 56.6 Å². The number of nitrogens with zero attached hydrogens (tertiary/aromatic N) is 5. The number of piperidine rings is 1. The molecule has 4 heterocycles. The summed E-state index contributed by atoms with van der Waals surface area (Å²) in [6.07, 6.45) is 4.06. The smallest absolute Gasteiger partial charge is 0.340 e. The Hall–Kier alpha value is -3.25. The molecule has 1 aromatic carbocycles. The molecule has 6 rings (SSSR count). The van der Waals surface area contributed by atoms with E-state index in [2.05, 4.69) is 15.5 Å². The van der Waals surface area contributed by atoms with Gasteiger partial charge in [0.05, 0.1) is 18.3 Å². The SMILES string of the molecule is CC[N+]1(CC(F)(F)F)C=Cc2c(Nc3ccc(C)cc3F)nc(N3CCC(N(C(=O)C4CCCN4)C4CC4)CC3)nc21. The number of carbonyl (C=O) groups is 1. The van der Waals surface area contributed by atoms with Crippen molar-refractivity contribution in [3.05, 3.63) is 41.3 Å². The third kappa shape index (κ3) is 5.70. The lowest BCUT2D eigenvalue weighted by Gasteiger charge is -2.40. The average Bonchev–Trinajstić information content (AvgIpc) is 3.49. The van der Waals surface area contributed by atoms with Crippen LogP contribution in [0.25, 0.3) is 6.08 Å². The molecule has 1 aliphatic carbocycles. The van der Waals surface area contributed by atoms with E-state index in [4.69, 9.17) is 9.97 Å². The highest BCUT2D eigenvalue weighted by atomic mass is 19.4. The molecule has 0 radical (unpaired) electrons. The molecule has 2 N–H and O–H groups in total. The number of anilines is 3. The van der Waals surface area contributed by atoms with Crippen LogP contribution in [0.3, 0.4) is 0 Å². The van der Waals surface area contributed by atoms with Crippen molar-refractivity contribution in [3.8, 4) is 0 Å². The van der Waals surface area contributed by atoms with Crippen molar-refractivity contribution in [1.29, 1.82) is 0 Å². The summed E-state index contributed by atoms with van der Waals surface area (Å²) >= 11 is 0. The Kier molecular flexibility index (Phi) is 7.63. The van der Waals surface area contributed by atoms with Crippen molar-refractivity contribution < 1.29 is 22.4 Å². The Balaban J connectivity index is 1.29. The second kappa shape index (κ2) is 11.1. The predicted molar refractivity (Wildman–Crippen MR) is 155 cm³/mol. The molecule has 12 heteroatoms. The summed E-state index contributed by atoms with van der Waals surface area (Å²) in [6.45, 7) is 4.53. The largest absolute Gasteiger partial charge is 0.439 e. The lowest BCUT2D eigenvalue weighted by atomic mass is 10.0. The first-order valence-corrected chi connectivity index (χ1v) is 15.0. The summed E-state index contributed by atoms with van der Waals surface area (Å²) in [4.78, 5) is 26.9. The molecular weight excluding hydrogens is 550 g/mol. The van der Waals surface area contributed by atoms with E-state index in [9.17, 15) is 22.4 Å². The fourth-order valence-electron chi connectivity index (χ4n) is 6.56. The van der Waals surface area contributed by atoms with Crippen LogP contribution in [0.4, 0.5) is 40.8 Å². The van der Waals surface area contributed by atoms with E-state index >= 15 is 0 Å². The first kappa shape index (κ1) is 28.9. The van der Waals surface area contributed by atoms with Crippen LogP contribution in [0.15, 0.2) is 24.4 Å². The minimum Gasteiger partial charge on any atom is -0.340 e. The number of aromatic nitrogens is 2. The number of amides is 1. The molecule has 1 aromatic heterocycles. The second-order valence-electron chi connectivity index (χ2n) is 12.0. The number of nitrogens with one attached hydrogen (secondary N) is 2. The molecule has 4 aliphatic rings. The van der Waals surface area contributed by atoms with Gasteiger partial charge in [0.25, 0.3) is 0 Å². The van der Waals surface area contributed by atoms with Crippen molar-refractivity contribution >= 4 is 35.3 Å². The van der Waals surface area contributed by atoms with Gasteiger partial charge in [0.2, 0.25) is 17.7 Å². The Labute approximate surface area is 243 Å². The van der Waals surface area contributed by atoms with Gasteiger partial charge in [0, 0.05) is 31.2 Å². The van der Waals surface area contributed by atoms with E-state index in [1.807, 2.05) is 4.90 Å². The molecule has 0 bridgehead atoms. The minimum absolute atomic E-state index is 0.106. The van der Waals surface area contributed by atoms with E-state index in [0.717, 1.165) is 50.6 Å². The van der Waals surface area contributed by atoms with Gasteiger partial charge in [-0.15, -0.1) is 0 Å². The van der Waals surface area contributed by atoms with Gasteiger partial charge in [-0.2, -0.15) is 23.1 Å².